The zero-order valence-electron chi connectivity index (χ0n) is 11.4. The first kappa shape index (κ1) is 13.6. The Kier molecular flexibility index (Phi) is 4.93. The molecular formula is C16H21N3. The molecule has 0 bridgehead atoms. The molecule has 2 aromatic rings. The van der Waals surface area contributed by atoms with Crippen molar-refractivity contribution in [1.29, 1.82) is 0 Å². The fourth-order valence-electron chi connectivity index (χ4n) is 2.05. The Hall–Kier alpha value is -1.87. The van der Waals surface area contributed by atoms with Crippen LogP contribution in [0.2, 0.25) is 0 Å². The van der Waals surface area contributed by atoms with Gasteiger partial charge in [0.1, 0.15) is 5.82 Å². The number of aromatic nitrogens is 1. The number of aryl methyl sites for hydroxylation is 1. The van der Waals surface area contributed by atoms with E-state index in [1.54, 1.807) is 0 Å². The number of nitrogens with zero attached hydrogens (tertiary/aromatic N) is 2. The van der Waals surface area contributed by atoms with Gasteiger partial charge in [0.25, 0.3) is 0 Å². The van der Waals surface area contributed by atoms with Gasteiger partial charge in [0.15, 0.2) is 0 Å². The smallest absolute Gasteiger partial charge is 0.129 e. The number of benzene rings is 1. The topological polar surface area (TPSA) is 42.2 Å². The Labute approximate surface area is 115 Å². The summed E-state index contributed by atoms with van der Waals surface area (Å²) in [4.78, 5) is 6.76. The van der Waals surface area contributed by atoms with E-state index in [4.69, 9.17) is 5.73 Å². The van der Waals surface area contributed by atoms with Crippen LogP contribution in [0.25, 0.3) is 0 Å². The molecule has 0 radical (unpaired) electrons. The predicted octanol–water partition coefficient (Wildman–Crippen LogP) is 2.75. The molecule has 19 heavy (non-hydrogen) atoms. The lowest BCUT2D eigenvalue weighted by Gasteiger charge is -2.24. The molecule has 0 saturated carbocycles. The Morgan fingerprint density at radius 3 is 2.63 bits per heavy atom. The molecule has 0 unspecified atom stereocenters. The van der Waals surface area contributed by atoms with Gasteiger partial charge in [-0.05, 0) is 43.1 Å². The van der Waals surface area contributed by atoms with Gasteiger partial charge in [0.2, 0.25) is 0 Å². The van der Waals surface area contributed by atoms with Crippen molar-refractivity contribution in [2.45, 2.75) is 19.9 Å². The first-order valence-corrected chi connectivity index (χ1v) is 6.71. The normalized spacial score (nSPS) is 10.4. The van der Waals surface area contributed by atoms with Crippen molar-refractivity contribution in [2.24, 2.45) is 5.73 Å². The second-order valence-electron chi connectivity index (χ2n) is 4.74. The molecule has 0 spiro atoms. The van der Waals surface area contributed by atoms with Gasteiger partial charge in [-0.3, -0.25) is 0 Å². The van der Waals surface area contributed by atoms with E-state index >= 15 is 0 Å². The third-order valence-corrected chi connectivity index (χ3v) is 3.07. The highest BCUT2D eigenvalue weighted by Crippen LogP contribution is 2.16. The van der Waals surface area contributed by atoms with Crippen molar-refractivity contribution in [1.82, 2.24) is 4.98 Å². The molecule has 0 aliphatic carbocycles. The number of pyridine rings is 1. The summed E-state index contributed by atoms with van der Waals surface area (Å²) < 4.78 is 0. The molecule has 3 nitrogen and oxygen atoms in total. The second kappa shape index (κ2) is 6.90. The summed E-state index contributed by atoms with van der Waals surface area (Å²) in [5.41, 5.74) is 8.16. The molecular weight excluding hydrogens is 234 g/mol. The van der Waals surface area contributed by atoms with Gasteiger partial charge < -0.3 is 10.6 Å². The summed E-state index contributed by atoms with van der Waals surface area (Å²) in [5, 5.41) is 0. The van der Waals surface area contributed by atoms with Gasteiger partial charge in [0, 0.05) is 19.3 Å². The molecule has 1 heterocycles. The largest absolute Gasteiger partial charge is 0.352 e. The highest BCUT2D eigenvalue weighted by atomic mass is 15.2. The summed E-state index contributed by atoms with van der Waals surface area (Å²) >= 11 is 0. The molecule has 0 fully saturated rings. The van der Waals surface area contributed by atoms with Gasteiger partial charge in [-0.1, -0.05) is 30.3 Å². The summed E-state index contributed by atoms with van der Waals surface area (Å²) in [7, 11) is 0. The molecule has 2 rings (SSSR count). The fraction of sp³-hybridized carbons (Fsp3) is 0.312. The average molecular weight is 255 g/mol. The second-order valence-corrected chi connectivity index (χ2v) is 4.74. The maximum absolute atomic E-state index is 5.63. The van der Waals surface area contributed by atoms with Crippen LogP contribution < -0.4 is 10.6 Å². The minimum Gasteiger partial charge on any atom is -0.352 e. The van der Waals surface area contributed by atoms with Crippen LogP contribution in [0.1, 0.15) is 17.5 Å². The summed E-state index contributed by atoms with van der Waals surface area (Å²) in [6, 6.07) is 14.6. The van der Waals surface area contributed by atoms with E-state index in [0.29, 0.717) is 6.54 Å². The third-order valence-electron chi connectivity index (χ3n) is 3.07. The van der Waals surface area contributed by atoms with Crippen LogP contribution >= 0.6 is 0 Å². The van der Waals surface area contributed by atoms with Gasteiger partial charge in [0.05, 0.1) is 0 Å². The molecule has 1 aromatic heterocycles. The number of hydrogen-bond acceptors (Lipinski definition) is 3. The Morgan fingerprint density at radius 1 is 1.16 bits per heavy atom. The summed E-state index contributed by atoms with van der Waals surface area (Å²) in [6.45, 7) is 4.60. The highest BCUT2D eigenvalue weighted by molar-refractivity contribution is 5.41. The van der Waals surface area contributed by atoms with Crippen LogP contribution in [0.3, 0.4) is 0 Å². The maximum Gasteiger partial charge on any atom is 0.129 e. The highest BCUT2D eigenvalue weighted by Gasteiger charge is 2.08. The molecule has 0 saturated heterocycles. The van der Waals surface area contributed by atoms with E-state index < -0.39 is 0 Å². The Bertz CT molecular complexity index is 496. The van der Waals surface area contributed by atoms with E-state index in [-0.39, 0.29) is 0 Å². The molecule has 0 amide bonds. The summed E-state index contributed by atoms with van der Waals surface area (Å²) in [5.74, 6) is 1.03. The Balaban J connectivity index is 2.16. The average Bonchev–Trinajstić information content (AvgIpc) is 2.44. The van der Waals surface area contributed by atoms with Crippen LogP contribution in [-0.4, -0.2) is 18.1 Å². The van der Waals surface area contributed by atoms with Crippen LogP contribution in [-0.2, 0) is 6.54 Å². The maximum atomic E-state index is 5.63. The molecule has 0 aliphatic heterocycles. The van der Waals surface area contributed by atoms with Crippen LogP contribution in [0.15, 0.2) is 48.7 Å². The van der Waals surface area contributed by atoms with Crippen LogP contribution in [0.4, 0.5) is 5.82 Å². The minimum atomic E-state index is 0.705. The molecule has 0 aliphatic rings. The van der Waals surface area contributed by atoms with E-state index in [1.165, 1.54) is 11.1 Å². The van der Waals surface area contributed by atoms with Gasteiger partial charge in [-0.15, -0.1) is 0 Å². The monoisotopic (exact) mass is 255 g/mol. The van der Waals surface area contributed by atoms with Gasteiger partial charge in [-0.25, -0.2) is 4.98 Å². The van der Waals surface area contributed by atoms with Gasteiger partial charge >= 0.3 is 0 Å². The van der Waals surface area contributed by atoms with Crippen molar-refractivity contribution in [3.05, 3.63) is 59.8 Å². The quantitative estimate of drug-likeness (QED) is 0.863. The van der Waals surface area contributed by atoms with E-state index in [0.717, 1.165) is 25.3 Å². The number of rotatable bonds is 6. The zero-order valence-corrected chi connectivity index (χ0v) is 11.4. The van der Waals surface area contributed by atoms with Crippen molar-refractivity contribution in [3.63, 3.8) is 0 Å². The van der Waals surface area contributed by atoms with Crippen molar-refractivity contribution in [3.8, 4) is 0 Å². The van der Waals surface area contributed by atoms with Crippen molar-refractivity contribution >= 4 is 5.82 Å². The lowest BCUT2D eigenvalue weighted by atomic mass is 10.2. The van der Waals surface area contributed by atoms with Crippen molar-refractivity contribution in [2.75, 3.05) is 18.0 Å². The molecule has 100 valence electrons. The fourth-order valence-corrected chi connectivity index (χ4v) is 2.05. The SMILES string of the molecule is Cc1ccnc(N(CCCN)Cc2ccccc2)c1. The first-order valence-electron chi connectivity index (χ1n) is 6.71. The third kappa shape index (κ3) is 4.07. The van der Waals surface area contributed by atoms with E-state index in [2.05, 4.69) is 47.1 Å². The molecule has 2 N–H and O–H groups in total. The Morgan fingerprint density at radius 2 is 1.95 bits per heavy atom. The van der Waals surface area contributed by atoms with Crippen LogP contribution in [0.5, 0.6) is 0 Å². The van der Waals surface area contributed by atoms with E-state index in [1.807, 2.05) is 18.3 Å². The van der Waals surface area contributed by atoms with Crippen molar-refractivity contribution < 1.29 is 0 Å². The van der Waals surface area contributed by atoms with E-state index in [9.17, 15) is 0 Å². The molecule has 3 heteroatoms. The van der Waals surface area contributed by atoms with Crippen LogP contribution in [0, 0.1) is 6.92 Å². The number of nitrogens with two attached hydrogens (primary N) is 1. The zero-order chi connectivity index (χ0) is 13.5. The lowest BCUT2D eigenvalue weighted by Crippen LogP contribution is -2.26. The molecule has 1 aromatic carbocycles. The number of anilines is 1. The van der Waals surface area contributed by atoms with Gasteiger partial charge in [-0.2, -0.15) is 0 Å². The standard InChI is InChI=1S/C16H21N3/c1-14-8-10-18-16(12-14)19(11-5-9-17)13-15-6-3-2-4-7-15/h2-4,6-8,10,12H,5,9,11,13,17H2,1H3. The minimum absolute atomic E-state index is 0.705. The predicted molar refractivity (Wildman–Crippen MR) is 80.1 cm³/mol. The first-order chi connectivity index (χ1) is 9.29. The molecule has 0 atom stereocenters. The number of hydrogen-bond donors (Lipinski definition) is 1. The lowest BCUT2D eigenvalue weighted by molar-refractivity contribution is 0.726. The summed E-state index contributed by atoms with van der Waals surface area (Å²) in [6.07, 6.45) is 2.84.